The normalized spacial score (nSPS) is 10.2. The van der Waals surface area contributed by atoms with Crippen LogP contribution in [-0.4, -0.2) is 33.1 Å². The lowest BCUT2D eigenvalue weighted by atomic mass is 10.2. The zero-order valence-electron chi connectivity index (χ0n) is 11.4. The van der Waals surface area contributed by atoms with Crippen LogP contribution in [0.25, 0.3) is 0 Å². The van der Waals surface area contributed by atoms with E-state index in [1.54, 1.807) is 0 Å². The van der Waals surface area contributed by atoms with Crippen LogP contribution in [0.2, 0.25) is 5.02 Å². The highest BCUT2D eigenvalue weighted by Gasteiger charge is 2.27. The Labute approximate surface area is 132 Å². The molecule has 1 heterocycles. The van der Waals surface area contributed by atoms with E-state index in [1.165, 1.54) is 19.2 Å². The van der Waals surface area contributed by atoms with Crippen molar-refractivity contribution >= 4 is 34.7 Å². The van der Waals surface area contributed by atoms with Crippen LogP contribution in [-0.2, 0) is 0 Å². The number of H-pyrrole nitrogens is 1. The van der Waals surface area contributed by atoms with Gasteiger partial charge in [-0.2, -0.15) is 0 Å². The molecule has 2 N–H and O–H groups in total. The van der Waals surface area contributed by atoms with Crippen LogP contribution in [0, 0.1) is 20.2 Å². The quantitative estimate of drug-likeness (QED) is 0.623. The van der Waals surface area contributed by atoms with Crippen molar-refractivity contribution in [2.24, 2.45) is 0 Å². The first-order valence-electron chi connectivity index (χ1n) is 5.87. The molecule has 0 saturated heterocycles. The number of rotatable bonds is 5. The summed E-state index contributed by atoms with van der Waals surface area (Å²) in [7, 11) is 1.33. The molecule has 1 amide bonds. The number of anilines is 1. The molecule has 2 aromatic rings. The van der Waals surface area contributed by atoms with Crippen molar-refractivity contribution in [3.63, 3.8) is 0 Å². The zero-order valence-corrected chi connectivity index (χ0v) is 12.2. The summed E-state index contributed by atoms with van der Waals surface area (Å²) in [5.41, 5.74) is -1.01. The number of ether oxygens (including phenoxy) is 1. The molecule has 0 atom stereocenters. The molecule has 2 rings (SSSR count). The van der Waals surface area contributed by atoms with Crippen LogP contribution in [0.1, 0.15) is 10.5 Å². The molecular formula is C11H8ClN5O6. The lowest BCUT2D eigenvalue weighted by molar-refractivity contribution is -0.389. The zero-order chi connectivity index (χ0) is 17.1. The first-order chi connectivity index (χ1) is 10.8. The molecule has 0 spiro atoms. The largest absolute Gasteiger partial charge is 0.496 e. The summed E-state index contributed by atoms with van der Waals surface area (Å²) in [6.45, 7) is 0. The minimum Gasteiger partial charge on any atom is -0.496 e. The number of amides is 1. The van der Waals surface area contributed by atoms with Gasteiger partial charge >= 0.3 is 5.82 Å². The average molecular weight is 342 g/mol. The predicted octanol–water partition coefficient (Wildman–Crippen LogP) is 2.14. The number of hydrogen-bond donors (Lipinski definition) is 2. The second-order valence-electron chi connectivity index (χ2n) is 4.09. The fraction of sp³-hybridized carbons (Fsp3) is 0.0909. The average Bonchev–Trinajstić information content (AvgIpc) is 2.89. The van der Waals surface area contributed by atoms with E-state index < -0.39 is 38.0 Å². The van der Waals surface area contributed by atoms with Gasteiger partial charge in [0.15, 0.2) is 10.7 Å². The molecule has 0 aliphatic carbocycles. The number of nitrogens with one attached hydrogen (secondary N) is 2. The number of benzene rings is 1. The molecule has 0 unspecified atom stereocenters. The maximum Gasteiger partial charge on any atom is 0.362 e. The Morgan fingerprint density at radius 1 is 1.35 bits per heavy atom. The molecule has 0 aliphatic rings. The Kier molecular flexibility index (Phi) is 4.41. The summed E-state index contributed by atoms with van der Waals surface area (Å²) in [6, 6.07) is 3.77. The van der Waals surface area contributed by atoms with E-state index in [4.69, 9.17) is 16.3 Å². The number of nitro groups is 2. The third kappa shape index (κ3) is 3.18. The molecule has 120 valence electrons. The van der Waals surface area contributed by atoms with Crippen molar-refractivity contribution in [2.75, 3.05) is 12.4 Å². The molecule has 11 nitrogen and oxygen atoms in total. The van der Waals surface area contributed by atoms with Gasteiger partial charge in [0.1, 0.15) is 11.4 Å². The molecule has 0 saturated carbocycles. The molecule has 1 aromatic heterocycles. The van der Waals surface area contributed by atoms with Gasteiger partial charge in [0.25, 0.3) is 11.6 Å². The van der Waals surface area contributed by atoms with Crippen molar-refractivity contribution in [1.29, 1.82) is 0 Å². The van der Waals surface area contributed by atoms with Crippen LogP contribution in [0.4, 0.5) is 17.2 Å². The lowest BCUT2D eigenvalue weighted by Gasteiger charge is -2.06. The second kappa shape index (κ2) is 6.27. The maximum absolute atomic E-state index is 12.0. The molecule has 0 bridgehead atoms. The van der Waals surface area contributed by atoms with Gasteiger partial charge in [-0.05, 0) is 17.1 Å². The Balaban J connectivity index is 2.34. The second-order valence-corrected chi connectivity index (χ2v) is 4.46. The molecule has 12 heteroatoms. The van der Waals surface area contributed by atoms with Crippen molar-refractivity contribution < 1.29 is 19.4 Å². The van der Waals surface area contributed by atoms with Gasteiger partial charge in [0, 0.05) is 0 Å². The monoisotopic (exact) mass is 341 g/mol. The number of nitro benzene ring substituents is 1. The van der Waals surface area contributed by atoms with Crippen LogP contribution in [0.5, 0.6) is 5.75 Å². The van der Waals surface area contributed by atoms with Gasteiger partial charge in [-0.1, -0.05) is 16.7 Å². The number of nitrogens with zero attached hydrogens (tertiary/aromatic N) is 3. The van der Waals surface area contributed by atoms with Crippen LogP contribution in [0.15, 0.2) is 18.2 Å². The Morgan fingerprint density at radius 3 is 2.57 bits per heavy atom. The first kappa shape index (κ1) is 16.2. The molecule has 1 aromatic carbocycles. The third-order valence-corrected chi connectivity index (χ3v) is 3.09. The summed E-state index contributed by atoms with van der Waals surface area (Å²) >= 11 is 5.68. The Bertz CT molecular complexity index is 804. The molecule has 23 heavy (non-hydrogen) atoms. The lowest BCUT2D eigenvalue weighted by Crippen LogP contribution is -2.14. The first-order valence-corrected chi connectivity index (χ1v) is 6.25. The molecular weight excluding hydrogens is 334 g/mol. The van der Waals surface area contributed by atoms with Gasteiger partial charge in [-0.15, -0.1) is 5.10 Å². The Hall–Kier alpha value is -3.21. The minimum atomic E-state index is -0.937. The van der Waals surface area contributed by atoms with E-state index in [1.807, 2.05) is 5.10 Å². The van der Waals surface area contributed by atoms with Crippen molar-refractivity contribution in [1.82, 2.24) is 10.2 Å². The minimum absolute atomic E-state index is 0.137. The Morgan fingerprint density at radius 2 is 2.04 bits per heavy atom. The van der Waals surface area contributed by atoms with Crippen LogP contribution < -0.4 is 10.1 Å². The summed E-state index contributed by atoms with van der Waals surface area (Å²) in [5.74, 6) is -1.36. The van der Waals surface area contributed by atoms with Crippen molar-refractivity contribution in [3.8, 4) is 5.75 Å². The maximum atomic E-state index is 12.0. The van der Waals surface area contributed by atoms with Gasteiger partial charge in [0.05, 0.1) is 18.1 Å². The number of carbonyl (C=O) groups excluding carboxylic acids is 1. The van der Waals surface area contributed by atoms with E-state index in [0.717, 1.165) is 6.07 Å². The topological polar surface area (TPSA) is 153 Å². The van der Waals surface area contributed by atoms with E-state index in [9.17, 15) is 25.0 Å². The smallest absolute Gasteiger partial charge is 0.362 e. The molecule has 0 fully saturated rings. The highest BCUT2D eigenvalue weighted by Crippen LogP contribution is 2.30. The molecule has 0 aliphatic heterocycles. The van der Waals surface area contributed by atoms with Crippen molar-refractivity contribution in [2.45, 2.75) is 0 Å². The number of halogens is 1. The van der Waals surface area contributed by atoms with E-state index in [0.29, 0.717) is 0 Å². The predicted molar refractivity (Wildman–Crippen MR) is 77.9 cm³/mol. The number of aromatic nitrogens is 2. The third-order valence-electron chi connectivity index (χ3n) is 2.74. The summed E-state index contributed by atoms with van der Waals surface area (Å²) in [4.78, 5) is 32.2. The van der Waals surface area contributed by atoms with E-state index in [-0.39, 0.29) is 11.4 Å². The van der Waals surface area contributed by atoms with E-state index >= 15 is 0 Å². The standard InChI is InChI=1S/C11H8ClN5O6/c1-23-5-2-3-6(7(4-5)16(19)20)13-11(18)9-8(12)10(15-14-9)17(21)22/h2-4H,1H3,(H,13,18)(H,14,15). The van der Waals surface area contributed by atoms with E-state index in [2.05, 4.69) is 10.4 Å². The highest BCUT2D eigenvalue weighted by atomic mass is 35.5. The van der Waals surface area contributed by atoms with Gasteiger partial charge < -0.3 is 20.2 Å². The fourth-order valence-electron chi connectivity index (χ4n) is 1.67. The van der Waals surface area contributed by atoms with Gasteiger partial charge in [-0.25, -0.2) is 0 Å². The van der Waals surface area contributed by atoms with Crippen LogP contribution >= 0.6 is 11.6 Å². The summed E-state index contributed by atoms with van der Waals surface area (Å²) in [5, 5.41) is 28.8. The number of methoxy groups -OCH3 is 1. The highest BCUT2D eigenvalue weighted by molar-refractivity contribution is 6.35. The number of carbonyl (C=O) groups is 1. The number of hydrogen-bond acceptors (Lipinski definition) is 7. The van der Waals surface area contributed by atoms with Crippen molar-refractivity contribution in [3.05, 3.63) is 49.1 Å². The van der Waals surface area contributed by atoms with Crippen LogP contribution in [0.3, 0.4) is 0 Å². The fourth-order valence-corrected chi connectivity index (χ4v) is 1.91. The number of aromatic amines is 1. The van der Waals surface area contributed by atoms with Gasteiger partial charge in [0.2, 0.25) is 0 Å². The SMILES string of the molecule is COc1ccc(NC(=O)c2n[nH]c([N+](=O)[O-])c2Cl)c([N+](=O)[O-])c1. The van der Waals surface area contributed by atoms with Gasteiger partial charge in [-0.3, -0.25) is 14.9 Å². The molecule has 0 radical (unpaired) electrons. The summed E-state index contributed by atoms with van der Waals surface area (Å²) < 4.78 is 4.87. The summed E-state index contributed by atoms with van der Waals surface area (Å²) in [6.07, 6.45) is 0.